The summed E-state index contributed by atoms with van der Waals surface area (Å²) < 4.78 is 13.2. The van der Waals surface area contributed by atoms with Gasteiger partial charge < -0.3 is 9.80 Å². The Kier molecular flexibility index (Phi) is 6.99. The van der Waals surface area contributed by atoms with Crippen LogP contribution >= 0.6 is 11.8 Å². The summed E-state index contributed by atoms with van der Waals surface area (Å²) in [6.07, 6.45) is 0. The minimum Gasteiger partial charge on any atom is -0.368 e. The number of thioether (sulfide) groups is 1. The molecule has 5 rings (SSSR count). The molecule has 0 saturated carbocycles. The van der Waals surface area contributed by atoms with Crippen LogP contribution in [-0.4, -0.2) is 57.9 Å². The van der Waals surface area contributed by atoms with Crippen molar-refractivity contribution in [2.24, 2.45) is 0 Å². The number of piperazine rings is 1. The molecular weight excluding hydrogens is 461 g/mol. The zero-order valence-corrected chi connectivity index (χ0v) is 19.9. The van der Waals surface area contributed by atoms with E-state index in [1.54, 1.807) is 12.1 Å². The number of rotatable bonds is 6. The maximum absolute atomic E-state index is 13.2. The first-order valence-corrected chi connectivity index (χ1v) is 12.4. The second kappa shape index (κ2) is 10.7. The second-order valence-electron chi connectivity index (χ2n) is 8.16. The SMILES string of the molecule is O=C(CSc1nnc(-c2ccccc2)c(-c2ccccc2)n1)N1CCN(c2ccc(F)cc2)CC1. The third-order valence-electron chi connectivity index (χ3n) is 5.91. The summed E-state index contributed by atoms with van der Waals surface area (Å²) >= 11 is 1.30. The van der Waals surface area contributed by atoms with Crippen molar-refractivity contribution < 1.29 is 9.18 Å². The van der Waals surface area contributed by atoms with Gasteiger partial charge in [-0.2, -0.15) is 0 Å². The van der Waals surface area contributed by atoms with E-state index in [1.165, 1.54) is 23.9 Å². The molecule has 1 aliphatic heterocycles. The van der Waals surface area contributed by atoms with Crippen molar-refractivity contribution >= 4 is 23.4 Å². The van der Waals surface area contributed by atoms with E-state index in [9.17, 15) is 9.18 Å². The molecule has 1 saturated heterocycles. The van der Waals surface area contributed by atoms with Gasteiger partial charge in [-0.15, -0.1) is 10.2 Å². The van der Waals surface area contributed by atoms with Crippen molar-refractivity contribution in [3.05, 3.63) is 90.7 Å². The Bertz CT molecular complexity index is 1280. The van der Waals surface area contributed by atoms with Crippen LogP contribution in [0.1, 0.15) is 0 Å². The molecule has 8 heteroatoms. The molecule has 1 amide bonds. The molecule has 0 aliphatic carbocycles. The Morgan fingerprint density at radius 3 is 2.00 bits per heavy atom. The Morgan fingerprint density at radius 2 is 1.37 bits per heavy atom. The van der Waals surface area contributed by atoms with E-state index >= 15 is 0 Å². The Balaban J connectivity index is 1.25. The lowest BCUT2D eigenvalue weighted by molar-refractivity contribution is -0.128. The number of aromatic nitrogens is 3. The van der Waals surface area contributed by atoms with Gasteiger partial charge in [0.2, 0.25) is 11.1 Å². The van der Waals surface area contributed by atoms with Crippen LogP contribution < -0.4 is 4.90 Å². The van der Waals surface area contributed by atoms with Crippen molar-refractivity contribution in [1.29, 1.82) is 0 Å². The summed E-state index contributed by atoms with van der Waals surface area (Å²) in [6.45, 7) is 2.67. The van der Waals surface area contributed by atoms with Gasteiger partial charge in [-0.3, -0.25) is 4.79 Å². The van der Waals surface area contributed by atoms with Crippen molar-refractivity contribution in [2.75, 3.05) is 36.8 Å². The third kappa shape index (κ3) is 5.49. The van der Waals surface area contributed by atoms with Gasteiger partial charge in [0.25, 0.3) is 0 Å². The number of hydrogen-bond acceptors (Lipinski definition) is 6. The summed E-state index contributed by atoms with van der Waals surface area (Å²) in [6, 6.07) is 26.2. The number of nitrogens with zero attached hydrogens (tertiary/aromatic N) is 5. The number of amides is 1. The van der Waals surface area contributed by atoms with Gasteiger partial charge in [-0.1, -0.05) is 72.4 Å². The van der Waals surface area contributed by atoms with Gasteiger partial charge in [0, 0.05) is 43.0 Å². The van der Waals surface area contributed by atoms with E-state index in [-0.39, 0.29) is 17.5 Å². The number of hydrogen-bond donors (Lipinski definition) is 0. The van der Waals surface area contributed by atoms with E-state index in [0.29, 0.717) is 37.0 Å². The summed E-state index contributed by atoms with van der Waals surface area (Å²) in [5.41, 5.74) is 4.32. The molecule has 1 aliphatic rings. The lowest BCUT2D eigenvalue weighted by atomic mass is 10.0. The van der Waals surface area contributed by atoms with Crippen LogP contribution in [0.25, 0.3) is 22.5 Å². The molecule has 3 aromatic carbocycles. The highest BCUT2D eigenvalue weighted by atomic mass is 32.2. The zero-order chi connectivity index (χ0) is 24.0. The van der Waals surface area contributed by atoms with E-state index in [4.69, 9.17) is 4.98 Å². The van der Waals surface area contributed by atoms with Gasteiger partial charge in [0.1, 0.15) is 17.2 Å². The van der Waals surface area contributed by atoms with Crippen molar-refractivity contribution in [3.8, 4) is 22.5 Å². The lowest BCUT2D eigenvalue weighted by Gasteiger charge is -2.36. The molecule has 0 N–H and O–H groups in total. The van der Waals surface area contributed by atoms with Crippen LogP contribution in [0.3, 0.4) is 0 Å². The molecule has 0 bridgehead atoms. The molecule has 2 heterocycles. The highest BCUT2D eigenvalue weighted by Crippen LogP contribution is 2.29. The number of carbonyl (C=O) groups is 1. The van der Waals surface area contributed by atoms with Crippen LogP contribution in [-0.2, 0) is 4.79 Å². The average molecular weight is 486 g/mol. The summed E-state index contributed by atoms with van der Waals surface area (Å²) in [5.74, 6) is 0.0474. The molecule has 176 valence electrons. The fourth-order valence-corrected chi connectivity index (χ4v) is 4.73. The summed E-state index contributed by atoms with van der Waals surface area (Å²) in [5, 5.41) is 9.26. The van der Waals surface area contributed by atoms with E-state index in [0.717, 1.165) is 22.5 Å². The van der Waals surface area contributed by atoms with E-state index in [1.807, 2.05) is 65.6 Å². The van der Waals surface area contributed by atoms with Crippen LogP contribution in [0, 0.1) is 5.82 Å². The van der Waals surface area contributed by atoms with Crippen LogP contribution in [0.4, 0.5) is 10.1 Å². The van der Waals surface area contributed by atoms with Crippen molar-refractivity contribution in [1.82, 2.24) is 20.1 Å². The third-order valence-corrected chi connectivity index (χ3v) is 6.73. The smallest absolute Gasteiger partial charge is 0.233 e. The van der Waals surface area contributed by atoms with Gasteiger partial charge in [0.05, 0.1) is 5.75 Å². The largest absolute Gasteiger partial charge is 0.368 e. The first-order valence-electron chi connectivity index (χ1n) is 11.4. The minimum absolute atomic E-state index is 0.0470. The first-order chi connectivity index (χ1) is 17.2. The summed E-state index contributed by atoms with van der Waals surface area (Å²) in [4.78, 5) is 21.7. The minimum atomic E-state index is -0.247. The Labute approximate surface area is 207 Å². The lowest BCUT2D eigenvalue weighted by Crippen LogP contribution is -2.49. The van der Waals surface area contributed by atoms with Gasteiger partial charge in [-0.25, -0.2) is 9.37 Å². The standard InChI is InChI=1S/C27H24FN5OS/c28-22-11-13-23(14-12-22)32-15-17-33(18-16-32)24(34)19-35-27-29-25(20-7-3-1-4-8-20)26(30-31-27)21-9-5-2-6-10-21/h1-14H,15-19H2. The van der Waals surface area contributed by atoms with Crippen LogP contribution in [0.15, 0.2) is 90.1 Å². The molecular formula is C27H24FN5OS. The molecule has 4 aromatic rings. The molecule has 0 unspecified atom stereocenters. The molecule has 0 atom stereocenters. The Morgan fingerprint density at radius 1 is 0.771 bits per heavy atom. The molecule has 0 spiro atoms. The highest BCUT2D eigenvalue weighted by molar-refractivity contribution is 7.99. The number of anilines is 1. The normalized spacial score (nSPS) is 13.6. The highest BCUT2D eigenvalue weighted by Gasteiger charge is 2.22. The van der Waals surface area contributed by atoms with Gasteiger partial charge in [-0.05, 0) is 24.3 Å². The van der Waals surface area contributed by atoms with Crippen molar-refractivity contribution in [3.63, 3.8) is 0 Å². The van der Waals surface area contributed by atoms with Gasteiger partial charge in [0.15, 0.2) is 0 Å². The van der Waals surface area contributed by atoms with E-state index in [2.05, 4.69) is 15.1 Å². The Hall–Kier alpha value is -3.78. The number of carbonyl (C=O) groups excluding carboxylic acids is 1. The fraction of sp³-hybridized carbons (Fsp3) is 0.185. The van der Waals surface area contributed by atoms with Crippen LogP contribution in [0.5, 0.6) is 0 Å². The monoisotopic (exact) mass is 485 g/mol. The molecule has 35 heavy (non-hydrogen) atoms. The molecule has 0 radical (unpaired) electrons. The average Bonchev–Trinajstić information content (AvgIpc) is 2.93. The maximum Gasteiger partial charge on any atom is 0.233 e. The first kappa shape index (κ1) is 23.0. The number of halogens is 1. The summed E-state index contributed by atoms with van der Waals surface area (Å²) in [7, 11) is 0. The zero-order valence-electron chi connectivity index (χ0n) is 19.0. The van der Waals surface area contributed by atoms with E-state index < -0.39 is 0 Å². The second-order valence-corrected chi connectivity index (χ2v) is 9.10. The fourth-order valence-electron chi connectivity index (χ4n) is 4.04. The topological polar surface area (TPSA) is 62.2 Å². The van der Waals surface area contributed by atoms with Gasteiger partial charge >= 0.3 is 0 Å². The number of benzene rings is 3. The predicted molar refractivity (Wildman–Crippen MR) is 137 cm³/mol. The van der Waals surface area contributed by atoms with Crippen molar-refractivity contribution in [2.45, 2.75) is 5.16 Å². The molecule has 1 fully saturated rings. The predicted octanol–water partition coefficient (Wildman–Crippen LogP) is 4.79. The quantitative estimate of drug-likeness (QED) is 0.366. The maximum atomic E-state index is 13.2. The van der Waals surface area contributed by atoms with Crippen LogP contribution in [0.2, 0.25) is 0 Å². The molecule has 1 aromatic heterocycles. The molecule has 6 nitrogen and oxygen atoms in total.